The third kappa shape index (κ3) is 10.2. The van der Waals surface area contributed by atoms with Crippen LogP contribution in [0.25, 0.3) is 16.6 Å². The average molecular weight is 933 g/mol. The maximum absolute atomic E-state index is 13.9. The number of nitrogens with one attached hydrogen (secondary N) is 2. The lowest BCUT2D eigenvalue weighted by Crippen LogP contribution is -2.48. The Morgan fingerprint density at radius 3 is 2.61 bits per heavy atom. The minimum absolute atomic E-state index is 0.0455. The SMILES string of the molecule is CCN1CCOCC1COc1ncc(S(=O)(=O)NC(=O)c2ccc(N3CCN(CC4=C(c5ccc(Cl)cc5)CC(C)(C)CC4)CC3)cc2Oc2cnc3[nH]ccc3c2)cc1Br. The number of aromatic amines is 1. The molecular weight excluding hydrogens is 882 g/mol. The lowest BCUT2D eigenvalue weighted by molar-refractivity contribution is -0.0215. The summed E-state index contributed by atoms with van der Waals surface area (Å²) in [5, 5.41) is 1.57. The van der Waals surface area contributed by atoms with Gasteiger partial charge in [-0.15, -0.1) is 0 Å². The van der Waals surface area contributed by atoms with Gasteiger partial charge in [-0.3, -0.25) is 14.6 Å². The fourth-order valence-corrected chi connectivity index (χ4v) is 9.99. The number of likely N-dealkylation sites (N-methyl/N-ethyl adjacent to an activating group) is 1. The number of fused-ring (bicyclic) bond motifs is 1. The number of halogens is 2. The van der Waals surface area contributed by atoms with E-state index in [2.05, 4.69) is 83.2 Å². The standard InChI is InChI=1S/C45H51BrClN7O6S/c1-4-53-19-20-58-28-35(53)29-59-44-40(46)23-37(26-50-44)61(56,57)51-43(55)38-10-9-34(22-41(38)60-36-21-31-12-14-48-42(31)49-25-36)54-17-15-52(16-18-54)27-32-11-13-45(2,3)24-39(32)30-5-7-33(47)8-6-30/h5-10,12,14,21-23,25-26,35H,4,11,13,15-20,24,27-29H2,1-3H3,(H,48,49)(H,51,55). The Morgan fingerprint density at radius 2 is 1.84 bits per heavy atom. The van der Waals surface area contributed by atoms with Gasteiger partial charge in [0.05, 0.1) is 41.7 Å². The fraction of sp³-hybridized carbons (Fsp3) is 0.400. The van der Waals surface area contributed by atoms with Gasteiger partial charge in [0, 0.05) is 67.6 Å². The van der Waals surface area contributed by atoms with E-state index >= 15 is 0 Å². The number of nitrogens with zero attached hydrogens (tertiary/aromatic N) is 5. The number of amides is 1. The molecule has 1 aliphatic carbocycles. The monoisotopic (exact) mass is 931 g/mol. The maximum Gasteiger partial charge on any atom is 0.268 e. The van der Waals surface area contributed by atoms with Crippen LogP contribution in [0.15, 0.2) is 94.2 Å². The van der Waals surface area contributed by atoms with Crippen molar-refractivity contribution in [3.63, 3.8) is 0 Å². The van der Waals surface area contributed by atoms with Gasteiger partial charge in [-0.25, -0.2) is 23.1 Å². The first-order valence-electron chi connectivity index (χ1n) is 20.7. The Morgan fingerprint density at radius 1 is 1.03 bits per heavy atom. The van der Waals surface area contributed by atoms with Crippen LogP contribution in [0.2, 0.25) is 5.02 Å². The first-order chi connectivity index (χ1) is 29.3. The number of pyridine rings is 2. The number of hydrogen-bond acceptors (Lipinski definition) is 11. The Kier molecular flexibility index (Phi) is 13.1. The van der Waals surface area contributed by atoms with Crippen molar-refractivity contribution in [1.29, 1.82) is 0 Å². The van der Waals surface area contributed by atoms with Crippen LogP contribution in [0.5, 0.6) is 17.4 Å². The van der Waals surface area contributed by atoms with Crippen molar-refractivity contribution in [3.05, 3.63) is 105 Å². The van der Waals surface area contributed by atoms with Gasteiger partial charge in [-0.2, -0.15) is 0 Å². The molecule has 2 fully saturated rings. The third-order valence-corrected chi connectivity index (χ3v) is 13.9. The largest absolute Gasteiger partial charge is 0.475 e. The number of hydrogen-bond donors (Lipinski definition) is 2. The van der Waals surface area contributed by atoms with Crippen LogP contribution in [0.3, 0.4) is 0 Å². The van der Waals surface area contributed by atoms with Crippen molar-refractivity contribution >= 4 is 65.8 Å². The number of morpholine rings is 1. The molecule has 5 heterocycles. The maximum atomic E-state index is 13.9. The minimum Gasteiger partial charge on any atom is -0.475 e. The first-order valence-corrected chi connectivity index (χ1v) is 23.4. The third-order valence-electron chi connectivity index (χ3n) is 11.8. The van der Waals surface area contributed by atoms with E-state index in [4.69, 9.17) is 25.8 Å². The lowest BCUT2D eigenvalue weighted by Gasteiger charge is -2.39. The van der Waals surface area contributed by atoms with Gasteiger partial charge >= 0.3 is 0 Å². The molecule has 3 aliphatic rings. The molecule has 5 aromatic rings. The molecule has 2 aromatic carbocycles. The molecule has 0 saturated carbocycles. The molecule has 2 aliphatic heterocycles. The molecule has 61 heavy (non-hydrogen) atoms. The van der Waals surface area contributed by atoms with Crippen molar-refractivity contribution in [2.24, 2.45) is 5.41 Å². The fourth-order valence-electron chi connectivity index (χ4n) is 8.31. The van der Waals surface area contributed by atoms with Gasteiger partial charge in [0.2, 0.25) is 5.88 Å². The number of rotatable bonds is 13. The minimum atomic E-state index is -4.36. The zero-order chi connectivity index (χ0) is 42.7. The molecule has 3 aromatic heterocycles. The van der Waals surface area contributed by atoms with E-state index in [-0.39, 0.29) is 33.5 Å². The summed E-state index contributed by atoms with van der Waals surface area (Å²) in [6.45, 7) is 14.1. The molecule has 2 saturated heterocycles. The summed E-state index contributed by atoms with van der Waals surface area (Å²) >= 11 is 9.66. The number of aromatic nitrogens is 3. The van der Waals surface area contributed by atoms with Gasteiger partial charge in [-0.1, -0.05) is 50.1 Å². The summed E-state index contributed by atoms with van der Waals surface area (Å²) in [5.74, 6) is -0.0135. The van der Waals surface area contributed by atoms with E-state index < -0.39 is 15.9 Å². The molecule has 8 rings (SSSR count). The topological polar surface area (TPSA) is 142 Å². The lowest BCUT2D eigenvalue weighted by atomic mass is 9.72. The molecule has 16 heteroatoms. The zero-order valence-electron chi connectivity index (χ0n) is 34.6. The number of carbonyl (C=O) groups excluding carboxylic acids is 1. The predicted molar refractivity (Wildman–Crippen MR) is 241 cm³/mol. The van der Waals surface area contributed by atoms with E-state index in [1.54, 1.807) is 24.5 Å². The smallest absolute Gasteiger partial charge is 0.268 e. The second-order valence-corrected chi connectivity index (χ2v) is 19.6. The molecule has 0 spiro atoms. The molecule has 1 unspecified atom stereocenters. The highest BCUT2D eigenvalue weighted by atomic mass is 79.9. The van der Waals surface area contributed by atoms with Crippen LogP contribution in [-0.2, 0) is 14.8 Å². The number of sulfonamides is 1. The molecule has 1 atom stereocenters. The zero-order valence-corrected chi connectivity index (χ0v) is 37.8. The first kappa shape index (κ1) is 43.2. The Labute approximate surface area is 370 Å². The number of anilines is 1. The van der Waals surface area contributed by atoms with Gasteiger partial charge in [0.25, 0.3) is 15.9 Å². The second-order valence-electron chi connectivity index (χ2n) is 16.6. The van der Waals surface area contributed by atoms with Crippen LogP contribution in [0.4, 0.5) is 5.69 Å². The highest BCUT2D eigenvalue weighted by molar-refractivity contribution is 9.10. The normalized spacial score (nSPS) is 19.0. The molecule has 322 valence electrons. The molecular formula is C45H51BrClN7O6S. The van der Waals surface area contributed by atoms with Crippen LogP contribution in [0.1, 0.15) is 56.0 Å². The van der Waals surface area contributed by atoms with Crippen molar-refractivity contribution in [2.75, 3.05) is 70.5 Å². The van der Waals surface area contributed by atoms with Gasteiger partial charge in [-0.05, 0) is 101 Å². The summed E-state index contributed by atoms with van der Waals surface area (Å²) in [5.41, 5.74) is 6.01. The number of H-pyrrole nitrogens is 1. The van der Waals surface area contributed by atoms with Crippen molar-refractivity contribution in [3.8, 4) is 17.4 Å². The van der Waals surface area contributed by atoms with Crippen molar-refractivity contribution in [1.82, 2.24) is 29.5 Å². The van der Waals surface area contributed by atoms with Crippen molar-refractivity contribution < 1.29 is 27.4 Å². The van der Waals surface area contributed by atoms with Crippen LogP contribution >= 0.6 is 27.5 Å². The summed E-state index contributed by atoms with van der Waals surface area (Å²) < 4.78 is 47.8. The molecule has 2 N–H and O–H groups in total. The van der Waals surface area contributed by atoms with Crippen LogP contribution in [0, 0.1) is 5.41 Å². The Balaban J connectivity index is 0.981. The molecule has 1 amide bonds. The summed E-state index contributed by atoms with van der Waals surface area (Å²) in [6, 6.07) is 18.6. The van der Waals surface area contributed by atoms with E-state index in [0.717, 1.165) is 81.2 Å². The Bertz CT molecular complexity index is 2520. The van der Waals surface area contributed by atoms with Gasteiger partial charge in [0.1, 0.15) is 28.6 Å². The van der Waals surface area contributed by atoms with E-state index in [9.17, 15) is 13.2 Å². The summed E-state index contributed by atoms with van der Waals surface area (Å²) in [4.78, 5) is 32.5. The number of ether oxygens (including phenoxy) is 3. The molecule has 13 nitrogen and oxygen atoms in total. The highest BCUT2D eigenvalue weighted by Crippen LogP contribution is 2.43. The highest BCUT2D eigenvalue weighted by Gasteiger charge is 2.30. The summed E-state index contributed by atoms with van der Waals surface area (Å²) in [7, 11) is -4.36. The number of piperazine rings is 1. The summed E-state index contributed by atoms with van der Waals surface area (Å²) in [6.07, 6.45) is 7.78. The van der Waals surface area contributed by atoms with Gasteiger partial charge < -0.3 is 24.1 Å². The number of carbonyl (C=O) groups is 1. The van der Waals surface area contributed by atoms with Gasteiger partial charge in [0.15, 0.2) is 0 Å². The van der Waals surface area contributed by atoms with E-state index in [1.165, 1.54) is 29.0 Å². The van der Waals surface area contributed by atoms with Crippen molar-refractivity contribution in [2.45, 2.75) is 51.0 Å². The predicted octanol–water partition coefficient (Wildman–Crippen LogP) is 8.17. The van der Waals surface area contributed by atoms with E-state index in [0.29, 0.717) is 35.7 Å². The Hall–Kier alpha value is -4.51. The van der Waals surface area contributed by atoms with E-state index in [1.807, 2.05) is 30.3 Å². The quantitative estimate of drug-likeness (QED) is 0.118. The molecule has 0 bridgehead atoms. The van der Waals surface area contributed by atoms with Crippen LogP contribution < -0.4 is 19.1 Å². The average Bonchev–Trinajstić information content (AvgIpc) is 3.72. The van der Waals surface area contributed by atoms with Crippen LogP contribution in [-0.4, -0.2) is 111 Å². The molecule has 0 radical (unpaired) electrons. The number of benzene rings is 2. The number of allylic oxidation sites excluding steroid dienone is 1. The second kappa shape index (κ2) is 18.5.